The molecule has 3 N–H and O–H groups in total. The summed E-state index contributed by atoms with van der Waals surface area (Å²) in [6.45, 7) is 1.94. The molecule has 0 saturated carbocycles. The van der Waals surface area contributed by atoms with Crippen LogP contribution in [0.15, 0.2) is 30.3 Å². The number of nitrogens with one attached hydrogen (secondary N) is 1. The minimum atomic E-state index is 0.658. The van der Waals surface area contributed by atoms with Gasteiger partial charge in [0.25, 0.3) is 0 Å². The number of methoxy groups -OCH3 is 1. The third-order valence-electron chi connectivity index (χ3n) is 2.97. The highest BCUT2D eigenvalue weighted by molar-refractivity contribution is 5.78. The molecule has 0 amide bonds. The Kier molecular flexibility index (Phi) is 2.59. The van der Waals surface area contributed by atoms with Gasteiger partial charge < -0.3 is 15.5 Å². The largest absolute Gasteiger partial charge is 0.496 e. The summed E-state index contributed by atoms with van der Waals surface area (Å²) < 4.78 is 5.34. The number of hydrogen-bond acceptors (Lipinski definition) is 4. The molecule has 0 unspecified atom stereocenters. The molecule has 0 spiro atoms. The highest BCUT2D eigenvalue weighted by Gasteiger charge is 2.11. The van der Waals surface area contributed by atoms with Crippen LogP contribution in [0.4, 0.5) is 5.69 Å². The topological polar surface area (TPSA) is 76.8 Å². The van der Waals surface area contributed by atoms with Gasteiger partial charge in [-0.05, 0) is 31.2 Å². The third kappa shape index (κ3) is 1.99. The molecule has 0 saturated heterocycles. The average molecular weight is 254 g/mol. The van der Waals surface area contributed by atoms with Gasteiger partial charge in [0.15, 0.2) is 5.65 Å². The molecular weight excluding hydrogens is 240 g/mol. The van der Waals surface area contributed by atoms with Gasteiger partial charge >= 0.3 is 0 Å². The van der Waals surface area contributed by atoms with Crippen LogP contribution in [-0.2, 0) is 0 Å². The normalized spacial score (nSPS) is 10.8. The fraction of sp³-hybridized carbons (Fsp3) is 0.143. The van der Waals surface area contributed by atoms with E-state index in [9.17, 15) is 0 Å². The smallest absolute Gasteiger partial charge is 0.178 e. The number of anilines is 1. The first-order valence-electron chi connectivity index (χ1n) is 5.94. The summed E-state index contributed by atoms with van der Waals surface area (Å²) in [6, 6.07) is 9.41. The van der Waals surface area contributed by atoms with Gasteiger partial charge in [0.05, 0.1) is 18.2 Å². The maximum atomic E-state index is 5.75. The number of benzene rings is 1. The van der Waals surface area contributed by atoms with Gasteiger partial charge in [-0.2, -0.15) is 0 Å². The van der Waals surface area contributed by atoms with Crippen LogP contribution in [-0.4, -0.2) is 22.1 Å². The number of nitrogens with zero attached hydrogens (tertiary/aromatic N) is 2. The summed E-state index contributed by atoms with van der Waals surface area (Å²) in [5.41, 5.74) is 9.82. The van der Waals surface area contributed by atoms with Crippen molar-refractivity contribution in [2.24, 2.45) is 0 Å². The number of aromatic nitrogens is 3. The Morgan fingerprint density at radius 2 is 2.00 bits per heavy atom. The lowest BCUT2D eigenvalue weighted by Crippen LogP contribution is -1.92. The van der Waals surface area contributed by atoms with E-state index >= 15 is 0 Å². The number of pyridine rings is 1. The van der Waals surface area contributed by atoms with E-state index in [2.05, 4.69) is 15.0 Å². The molecule has 3 aromatic rings. The highest BCUT2D eigenvalue weighted by atomic mass is 16.5. The predicted molar refractivity (Wildman–Crippen MR) is 75.0 cm³/mol. The molecule has 0 aliphatic carbocycles. The van der Waals surface area contributed by atoms with Crippen molar-refractivity contribution in [1.82, 2.24) is 15.0 Å². The number of hydrogen-bond donors (Lipinski definition) is 2. The Morgan fingerprint density at radius 3 is 2.79 bits per heavy atom. The van der Waals surface area contributed by atoms with Gasteiger partial charge in [-0.1, -0.05) is 0 Å². The van der Waals surface area contributed by atoms with Crippen LogP contribution in [0.2, 0.25) is 0 Å². The zero-order valence-corrected chi connectivity index (χ0v) is 10.8. The maximum absolute atomic E-state index is 5.75. The van der Waals surface area contributed by atoms with Crippen LogP contribution in [0.5, 0.6) is 5.75 Å². The number of ether oxygens (including phenoxy) is 1. The standard InChI is InChI=1S/C14H14N4O/c1-8-3-6-11-14(16-8)18-13(17-11)10-5-4-9(15)7-12(10)19-2/h3-7H,15H2,1-2H3,(H,16,17,18). The Hall–Kier alpha value is -2.56. The SMILES string of the molecule is COc1cc(N)ccc1-c1nc2nc(C)ccc2[nH]1. The van der Waals surface area contributed by atoms with E-state index in [0.717, 1.165) is 22.6 Å². The van der Waals surface area contributed by atoms with E-state index in [0.29, 0.717) is 17.1 Å². The van der Waals surface area contributed by atoms with Crippen molar-refractivity contribution >= 4 is 16.9 Å². The molecule has 5 heteroatoms. The van der Waals surface area contributed by atoms with Crippen molar-refractivity contribution < 1.29 is 4.74 Å². The molecule has 3 rings (SSSR count). The van der Waals surface area contributed by atoms with E-state index in [1.807, 2.05) is 31.2 Å². The molecule has 2 aromatic heterocycles. The van der Waals surface area contributed by atoms with Crippen molar-refractivity contribution in [3.05, 3.63) is 36.0 Å². The van der Waals surface area contributed by atoms with Gasteiger partial charge in [-0.15, -0.1) is 0 Å². The molecule has 0 radical (unpaired) electrons. The summed E-state index contributed by atoms with van der Waals surface area (Å²) in [5, 5.41) is 0. The minimum absolute atomic E-state index is 0.658. The number of nitrogen functional groups attached to an aromatic ring is 1. The first-order chi connectivity index (χ1) is 9.17. The Labute approximate surface area is 110 Å². The fourth-order valence-electron chi connectivity index (χ4n) is 2.02. The molecule has 5 nitrogen and oxygen atoms in total. The van der Waals surface area contributed by atoms with Crippen molar-refractivity contribution in [2.75, 3.05) is 12.8 Å². The van der Waals surface area contributed by atoms with E-state index in [4.69, 9.17) is 10.5 Å². The molecule has 96 valence electrons. The Balaban J connectivity index is 2.18. The van der Waals surface area contributed by atoms with Gasteiger partial charge in [0.2, 0.25) is 0 Å². The Bertz CT molecular complexity index is 748. The first-order valence-corrected chi connectivity index (χ1v) is 5.94. The third-order valence-corrected chi connectivity index (χ3v) is 2.97. The van der Waals surface area contributed by atoms with Crippen LogP contribution in [0, 0.1) is 6.92 Å². The van der Waals surface area contributed by atoms with Crippen molar-refractivity contribution in [3.63, 3.8) is 0 Å². The van der Waals surface area contributed by atoms with E-state index in [1.54, 1.807) is 13.2 Å². The van der Waals surface area contributed by atoms with Crippen LogP contribution < -0.4 is 10.5 Å². The average Bonchev–Trinajstić information content (AvgIpc) is 2.81. The van der Waals surface area contributed by atoms with Gasteiger partial charge in [0.1, 0.15) is 11.6 Å². The van der Waals surface area contributed by atoms with Crippen molar-refractivity contribution in [3.8, 4) is 17.1 Å². The second-order valence-electron chi connectivity index (χ2n) is 4.37. The molecule has 19 heavy (non-hydrogen) atoms. The van der Waals surface area contributed by atoms with Crippen LogP contribution in [0.3, 0.4) is 0 Å². The Morgan fingerprint density at radius 1 is 1.16 bits per heavy atom. The van der Waals surface area contributed by atoms with E-state index < -0.39 is 0 Å². The molecular formula is C14H14N4O. The first kappa shape index (κ1) is 11.5. The molecule has 0 bridgehead atoms. The molecule has 0 aliphatic heterocycles. The number of H-pyrrole nitrogens is 1. The molecule has 1 aromatic carbocycles. The number of nitrogens with two attached hydrogens (primary N) is 1. The highest BCUT2D eigenvalue weighted by Crippen LogP contribution is 2.30. The summed E-state index contributed by atoms with van der Waals surface area (Å²) in [6.07, 6.45) is 0. The lowest BCUT2D eigenvalue weighted by molar-refractivity contribution is 0.416. The molecule has 2 heterocycles. The minimum Gasteiger partial charge on any atom is -0.496 e. The number of aromatic amines is 1. The predicted octanol–water partition coefficient (Wildman–Crippen LogP) is 2.52. The van der Waals surface area contributed by atoms with Crippen LogP contribution >= 0.6 is 0 Å². The molecule has 0 aliphatic rings. The zero-order chi connectivity index (χ0) is 13.4. The second kappa shape index (κ2) is 4.28. The summed E-state index contributed by atoms with van der Waals surface area (Å²) >= 11 is 0. The summed E-state index contributed by atoms with van der Waals surface area (Å²) in [5.74, 6) is 1.42. The number of rotatable bonds is 2. The monoisotopic (exact) mass is 254 g/mol. The second-order valence-corrected chi connectivity index (χ2v) is 4.37. The lowest BCUT2D eigenvalue weighted by Gasteiger charge is -2.06. The van der Waals surface area contributed by atoms with Crippen LogP contribution in [0.25, 0.3) is 22.6 Å². The van der Waals surface area contributed by atoms with Crippen LogP contribution in [0.1, 0.15) is 5.69 Å². The molecule has 0 atom stereocenters. The summed E-state index contributed by atoms with van der Waals surface area (Å²) in [4.78, 5) is 12.1. The van der Waals surface area contributed by atoms with Gasteiger partial charge in [0, 0.05) is 17.4 Å². The van der Waals surface area contributed by atoms with E-state index in [-0.39, 0.29) is 0 Å². The lowest BCUT2D eigenvalue weighted by atomic mass is 10.1. The van der Waals surface area contributed by atoms with Crippen molar-refractivity contribution in [2.45, 2.75) is 6.92 Å². The quantitative estimate of drug-likeness (QED) is 0.689. The summed E-state index contributed by atoms with van der Waals surface area (Å²) in [7, 11) is 1.61. The van der Waals surface area contributed by atoms with Gasteiger partial charge in [-0.25, -0.2) is 9.97 Å². The maximum Gasteiger partial charge on any atom is 0.178 e. The van der Waals surface area contributed by atoms with Gasteiger partial charge in [-0.3, -0.25) is 0 Å². The number of fused-ring (bicyclic) bond motifs is 1. The molecule has 0 fully saturated rings. The number of imidazole rings is 1. The fourth-order valence-corrected chi connectivity index (χ4v) is 2.02. The van der Waals surface area contributed by atoms with E-state index in [1.165, 1.54) is 0 Å². The van der Waals surface area contributed by atoms with Crippen molar-refractivity contribution in [1.29, 1.82) is 0 Å². The zero-order valence-electron chi connectivity index (χ0n) is 10.8. The number of aryl methyl sites for hydroxylation is 1.